The molecule has 0 radical (unpaired) electrons. The first-order valence-electron chi connectivity index (χ1n) is 5.15. The van der Waals surface area contributed by atoms with Gasteiger partial charge < -0.3 is 9.47 Å². The summed E-state index contributed by atoms with van der Waals surface area (Å²) in [5, 5.41) is 2.70. The first-order chi connectivity index (χ1) is 7.70. The van der Waals surface area contributed by atoms with E-state index in [0.29, 0.717) is 5.25 Å². The second-order valence-corrected chi connectivity index (χ2v) is 5.74. The summed E-state index contributed by atoms with van der Waals surface area (Å²) in [5.74, 6) is 1.06. The maximum atomic E-state index is 4.54. The van der Waals surface area contributed by atoms with Crippen molar-refractivity contribution >= 4 is 32.9 Å². The number of amidine groups is 1. The summed E-state index contributed by atoms with van der Waals surface area (Å²) < 4.78 is 2.04. The van der Waals surface area contributed by atoms with Gasteiger partial charge >= 0.3 is 0 Å². The summed E-state index contributed by atoms with van der Waals surface area (Å²) in [5.41, 5.74) is 0. The van der Waals surface area contributed by atoms with Crippen LogP contribution in [0.25, 0.3) is 0 Å². The van der Waals surface area contributed by atoms with E-state index in [-0.39, 0.29) is 0 Å². The van der Waals surface area contributed by atoms with Crippen molar-refractivity contribution in [2.24, 2.45) is 12.0 Å². The topological polar surface area (TPSA) is 33.4 Å². The zero-order chi connectivity index (χ0) is 11.5. The summed E-state index contributed by atoms with van der Waals surface area (Å²) in [4.78, 5) is 11.0. The minimum atomic E-state index is 0.582. The lowest BCUT2D eigenvalue weighted by atomic mass is 10.5. The molecule has 0 saturated carbocycles. The number of imidazole rings is 1. The molecule has 1 aliphatic rings. The number of rotatable bonds is 3. The molecule has 0 fully saturated rings. The number of hydrogen-bond acceptors (Lipinski definition) is 4. The van der Waals surface area contributed by atoms with Crippen LogP contribution >= 0.6 is 27.7 Å². The van der Waals surface area contributed by atoms with Gasteiger partial charge in [0.25, 0.3) is 0 Å². The van der Waals surface area contributed by atoms with Crippen LogP contribution in [-0.2, 0) is 13.6 Å². The molecule has 1 aromatic rings. The summed E-state index contributed by atoms with van der Waals surface area (Å²) in [6.07, 6.45) is 3.79. The molecule has 0 spiro atoms. The molecule has 1 atom stereocenters. The van der Waals surface area contributed by atoms with Crippen LogP contribution in [0.3, 0.4) is 0 Å². The van der Waals surface area contributed by atoms with Gasteiger partial charge in [-0.25, -0.2) is 4.98 Å². The van der Waals surface area contributed by atoms with Crippen molar-refractivity contribution < 1.29 is 0 Å². The molecule has 1 aromatic heterocycles. The van der Waals surface area contributed by atoms with Crippen LogP contribution in [0.1, 0.15) is 5.82 Å². The van der Waals surface area contributed by atoms with Gasteiger partial charge in [-0.2, -0.15) is 0 Å². The lowest BCUT2D eigenvalue weighted by Crippen LogP contribution is -2.24. The van der Waals surface area contributed by atoms with Crippen LogP contribution in [0.4, 0.5) is 0 Å². The van der Waals surface area contributed by atoms with Gasteiger partial charge in [-0.3, -0.25) is 4.99 Å². The quantitative estimate of drug-likeness (QED) is 0.797. The molecule has 0 bridgehead atoms. The normalized spacial score (nSPS) is 19.9. The third-order valence-electron chi connectivity index (χ3n) is 2.50. The molecule has 0 amide bonds. The van der Waals surface area contributed by atoms with E-state index in [4.69, 9.17) is 0 Å². The van der Waals surface area contributed by atoms with E-state index in [1.807, 2.05) is 35.8 Å². The molecule has 0 saturated heterocycles. The van der Waals surface area contributed by atoms with Gasteiger partial charge in [0.15, 0.2) is 5.17 Å². The first-order valence-corrected chi connectivity index (χ1v) is 7.15. The molecular formula is C10H15BrN4S. The number of aromatic nitrogens is 2. The molecule has 16 heavy (non-hydrogen) atoms. The van der Waals surface area contributed by atoms with Crippen LogP contribution in [0.15, 0.2) is 17.4 Å². The Morgan fingerprint density at radius 2 is 2.50 bits per heavy atom. The smallest absolute Gasteiger partial charge is 0.159 e. The maximum absolute atomic E-state index is 4.54. The predicted octanol–water partition coefficient (Wildman–Crippen LogP) is 1.72. The zero-order valence-electron chi connectivity index (χ0n) is 9.43. The molecule has 6 heteroatoms. The SMILES string of the molecule is CN(Cc1nccn1C)C1=NCC(CBr)S1. The minimum absolute atomic E-state index is 0.582. The Bertz CT molecular complexity index is 390. The highest BCUT2D eigenvalue weighted by molar-refractivity contribution is 9.09. The van der Waals surface area contributed by atoms with Crippen LogP contribution < -0.4 is 0 Å². The molecule has 4 nitrogen and oxygen atoms in total. The molecule has 88 valence electrons. The van der Waals surface area contributed by atoms with E-state index in [2.05, 4.69) is 37.9 Å². The second kappa shape index (κ2) is 5.23. The molecule has 2 rings (SSSR count). The Labute approximate surface area is 108 Å². The number of nitrogens with zero attached hydrogens (tertiary/aromatic N) is 4. The number of aliphatic imine (C=N–C) groups is 1. The van der Waals surface area contributed by atoms with E-state index >= 15 is 0 Å². The Morgan fingerprint density at radius 3 is 3.06 bits per heavy atom. The Kier molecular flexibility index (Phi) is 3.91. The first kappa shape index (κ1) is 12.0. The van der Waals surface area contributed by atoms with Crippen LogP contribution in [0, 0.1) is 0 Å². The van der Waals surface area contributed by atoms with Gasteiger partial charge in [0, 0.05) is 37.1 Å². The van der Waals surface area contributed by atoms with Gasteiger partial charge in [0.1, 0.15) is 5.82 Å². The van der Waals surface area contributed by atoms with Crippen molar-refractivity contribution in [3.8, 4) is 0 Å². The van der Waals surface area contributed by atoms with Crippen molar-refractivity contribution in [3.05, 3.63) is 18.2 Å². The molecule has 1 aliphatic heterocycles. The highest BCUT2D eigenvalue weighted by Gasteiger charge is 2.21. The molecular weight excluding hydrogens is 288 g/mol. The van der Waals surface area contributed by atoms with Gasteiger partial charge in [0.2, 0.25) is 0 Å². The van der Waals surface area contributed by atoms with E-state index in [1.54, 1.807) is 0 Å². The molecule has 0 N–H and O–H groups in total. The summed E-state index contributed by atoms with van der Waals surface area (Å²) in [6, 6.07) is 0. The fraction of sp³-hybridized carbons (Fsp3) is 0.600. The molecule has 2 heterocycles. The van der Waals surface area contributed by atoms with Crippen molar-refractivity contribution in [2.45, 2.75) is 11.8 Å². The van der Waals surface area contributed by atoms with Crippen LogP contribution in [0.2, 0.25) is 0 Å². The standard InChI is InChI=1S/C10H15BrN4S/c1-14-4-3-12-9(14)7-15(2)10-13-6-8(5-11)16-10/h3-4,8H,5-7H2,1-2H3. The van der Waals surface area contributed by atoms with Crippen LogP contribution in [-0.4, -0.2) is 43.8 Å². The van der Waals surface area contributed by atoms with E-state index in [0.717, 1.165) is 29.4 Å². The summed E-state index contributed by atoms with van der Waals surface area (Å²) in [6.45, 7) is 1.72. The molecule has 0 aliphatic carbocycles. The Hall–Kier alpha value is -0.490. The number of alkyl halides is 1. The largest absolute Gasteiger partial charge is 0.347 e. The number of aryl methyl sites for hydroxylation is 1. The van der Waals surface area contributed by atoms with Crippen molar-refractivity contribution in [1.29, 1.82) is 0 Å². The highest BCUT2D eigenvalue weighted by atomic mass is 79.9. The third-order valence-corrected chi connectivity index (χ3v) is 5.01. The number of halogens is 1. The minimum Gasteiger partial charge on any atom is -0.347 e. The second-order valence-electron chi connectivity index (χ2n) is 3.83. The monoisotopic (exact) mass is 302 g/mol. The van der Waals surface area contributed by atoms with Gasteiger partial charge in [-0.05, 0) is 0 Å². The van der Waals surface area contributed by atoms with Crippen molar-refractivity contribution in [3.63, 3.8) is 0 Å². The molecule has 1 unspecified atom stereocenters. The van der Waals surface area contributed by atoms with E-state index in [1.165, 1.54) is 0 Å². The summed E-state index contributed by atoms with van der Waals surface area (Å²) >= 11 is 5.33. The maximum Gasteiger partial charge on any atom is 0.159 e. The fourth-order valence-corrected chi connectivity index (χ4v) is 3.03. The fourth-order valence-electron chi connectivity index (χ4n) is 1.52. The average molecular weight is 303 g/mol. The van der Waals surface area contributed by atoms with Crippen LogP contribution in [0.5, 0.6) is 0 Å². The Morgan fingerprint density at radius 1 is 1.69 bits per heavy atom. The van der Waals surface area contributed by atoms with Gasteiger partial charge in [-0.1, -0.05) is 27.7 Å². The van der Waals surface area contributed by atoms with Crippen molar-refractivity contribution in [2.75, 3.05) is 18.9 Å². The lowest BCUT2D eigenvalue weighted by molar-refractivity contribution is 0.482. The lowest BCUT2D eigenvalue weighted by Gasteiger charge is -2.18. The van der Waals surface area contributed by atoms with Gasteiger partial charge in [0.05, 0.1) is 13.1 Å². The average Bonchev–Trinajstić information content (AvgIpc) is 2.88. The van der Waals surface area contributed by atoms with E-state index in [9.17, 15) is 0 Å². The Balaban J connectivity index is 1.94. The predicted molar refractivity (Wildman–Crippen MR) is 72.2 cm³/mol. The zero-order valence-corrected chi connectivity index (χ0v) is 11.8. The number of hydrogen-bond donors (Lipinski definition) is 0. The van der Waals surface area contributed by atoms with Crippen molar-refractivity contribution in [1.82, 2.24) is 14.5 Å². The summed E-state index contributed by atoms with van der Waals surface area (Å²) in [7, 11) is 4.08. The van der Waals surface area contributed by atoms with Gasteiger partial charge in [-0.15, -0.1) is 0 Å². The molecule has 0 aromatic carbocycles. The van der Waals surface area contributed by atoms with E-state index < -0.39 is 0 Å². The highest BCUT2D eigenvalue weighted by Crippen LogP contribution is 2.24. The third kappa shape index (κ3) is 2.60. The number of thioether (sulfide) groups is 1.